The third-order valence-corrected chi connectivity index (χ3v) is 5.46. The molecule has 0 saturated carbocycles. The van der Waals surface area contributed by atoms with Crippen molar-refractivity contribution >= 4 is 39.0 Å². The van der Waals surface area contributed by atoms with E-state index in [-0.39, 0.29) is 5.56 Å². The fraction of sp³-hybridized carbons (Fsp3) is 0.120. The Hall–Kier alpha value is -3.18. The van der Waals surface area contributed by atoms with E-state index in [0.717, 1.165) is 22.2 Å². The highest BCUT2D eigenvalue weighted by atomic mass is 79.9. The standard InChI is InChI=1S/C25H21BrN2O2/c1-30-23-13-12-20(26)17-19(23)11-14-24-27-22-10-6-5-9-21(22)25(29)28(24)16-15-18-7-3-2-4-8-18/h2-14,17H,15-16H2,1H3. The zero-order valence-electron chi connectivity index (χ0n) is 16.6. The SMILES string of the molecule is COc1ccc(Br)cc1C=Cc1nc2ccccc2c(=O)n1CCc1ccccc1. The molecule has 0 saturated heterocycles. The molecule has 150 valence electrons. The Balaban J connectivity index is 1.77. The van der Waals surface area contributed by atoms with Gasteiger partial charge in [-0.15, -0.1) is 0 Å². The second-order valence-corrected chi connectivity index (χ2v) is 7.81. The van der Waals surface area contributed by atoms with Gasteiger partial charge in [0, 0.05) is 16.6 Å². The van der Waals surface area contributed by atoms with E-state index in [1.54, 1.807) is 11.7 Å². The molecule has 4 nitrogen and oxygen atoms in total. The van der Waals surface area contributed by atoms with Crippen molar-refractivity contribution < 1.29 is 4.74 Å². The van der Waals surface area contributed by atoms with E-state index in [4.69, 9.17) is 9.72 Å². The fourth-order valence-corrected chi connectivity index (χ4v) is 3.79. The number of methoxy groups -OCH3 is 1. The van der Waals surface area contributed by atoms with Crippen molar-refractivity contribution in [2.45, 2.75) is 13.0 Å². The molecule has 0 spiro atoms. The predicted molar refractivity (Wildman–Crippen MR) is 126 cm³/mol. The summed E-state index contributed by atoms with van der Waals surface area (Å²) in [4.78, 5) is 18.0. The number of aromatic nitrogens is 2. The van der Waals surface area contributed by atoms with E-state index < -0.39 is 0 Å². The van der Waals surface area contributed by atoms with E-state index in [1.165, 1.54) is 5.56 Å². The fourth-order valence-electron chi connectivity index (χ4n) is 3.41. The number of ether oxygens (including phenoxy) is 1. The minimum Gasteiger partial charge on any atom is -0.496 e. The molecule has 0 bridgehead atoms. The van der Waals surface area contributed by atoms with Crippen LogP contribution in [0.2, 0.25) is 0 Å². The maximum atomic E-state index is 13.2. The van der Waals surface area contributed by atoms with E-state index in [2.05, 4.69) is 28.1 Å². The molecule has 0 aliphatic rings. The number of para-hydroxylation sites is 1. The Bertz CT molecular complexity index is 1260. The molecule has 0 radical (unpaired) electrons. The summed E-state index contributed by atoms with van der Waals surface area (Å²) in [5.41, 5.74) is 2.75. The smallest absolute Gasteiger partial charge is 0.261 e. The molecule has 1 heterocycles. The van der Waals surface area contributed by atoms with Gasteiger partial charge in [0.05, 0.1) is 18.0 Å². The van der Waals surface area contributed by atoms with Crippen molar-refractivity contribution in [1.29, 1.82) is 0 Å². The van der Waals surface area contributed by atoms with Gasteiger partial charge in [-0.2, -0.15) is 0 Å². The van der Waals surface area contributed by atoms with Gasteiger partial charge in [0.2, 0.25) is 0 Å². The number of nitrogens with zero attached hydrogens (tertiary/aromatic N) is 2. The zero-order valence-corrected chi connectivity index (χ0v) is 18.2. The molecule has 0 aliphatic heterocycles. The Labute approximate surface area is 183 Å². The van der Waals surface area contributed by atoms with Crippen LogP contribution in [0.4, 0.5) is 0 Å². The molecule has 0 fully saturated rings. The largest absolute Gasteiger partial charge is 0.496 e. The van der Waals surface area contributed by atoms with E-state index >= 15 is 0 Å². The van der Waals surface area contributed by atoms with Crippen LogP contribution in [0.3, 0.4) is 0 Å². The molecule has 30 heavy (non-hydrogen) atoms. The van der Waals surface area contributed by atoms with Gasteiger partial charge in [0.25, 0.3) is 5.56 Å². The minimum absolute atomic E-state index is 0.0302. The summed E-state index contributed by atoms with van der Waals surface area (Å²) in [6.07, 6.45) is 4.56. The van der Waals surface area contributed by atoms with Gasteiger partial charge < -0.3 is 4.74 Å². The van der Waals surface area contributed by atoms with Crippen LogP contribution in [0.25, 0.3) is 23.1 Å². The number of hydrogen-bond donors (Lipinski definition) is 0. The minimum atomic E-state index is -0.0302. The van der Waals surface area contributed by atoms with Crippen LogP contribution >= 0.6 is 15.9 Å². The molecule has 5 heteroatoms. The topological polar surface area (TPSA) is 44.1 Å². The van der Waals surface area contributed by atoms with Gasteiger partial charge >= 0.3 is 0 Å². The Morgan fingerprint density at radius 1 is 1.00 bits per heavy atom. The first-order chi connectivity index (χ1) is 14.7. The molecule has 3 aromatic carbocycles. The van der Waals surface area contributed by atoms with Crippen molar-refractivity contribution in [3.8, 4) is 5.75 Å². The van der Waals surface area contributed by atoms with Crippen molar-refractivity contribution in [1.82, 2.24) is 9.55 Å². The summed E-state index contributed by atoms with van der Waals surface area (Å²) in [5, 5.41) is 0.628. The Kier molecular flexibility index (Phi) is 6.10. The second-order valence-electron chi connectivity index (χ2n) is 6.90. The van der Waals surface area contributed by atoms with Crippen LogP contribution in [0, 0.1) is 0 Å². The van der Waals surface area contributed by atoms with Crippen LogP contribution in [-0.2, 0) is 13.0 Å². The Morgan fingerprint density at radius 2 is 1.77 bits per heavy atom. The van der Waals surface area contributed by atoms with Crippen LogP contribution in [0.5, 0.6) is 5.75 Å². The highest BCUT2D eigenvalue weighted by Gasteiger charge is 2.10. The summed E-state index contributed by atoms with van der Waals surface area (Å²) in [5.74, 6) is 1.38. The third-order valence-electron chi connectivity index (χ3n) is 4.96. The summed E-state index contributed by atoms with van der Waals surface area (Å²) in [6, 6.07) is 23.4. The average molecular weight is 461 g/mol. The molecule has 0 N–H and O–H groups in total. The molecule has 0 aliphatic carbocycles. The van der Waals surface area contributed by atoms with Crippen molar-refractivity contribution in [3.63, 3.8) is 0 Å². The summed E-state index contributed by atoms with van der Waals surface area (Å²) in [7, 11) is 1.64. The molecular formula is C25H21BrN2O2. The van der Waals surface area contributed by atoms with Crippen molar-refractivity contribution in [2.24, 2.45) is 0 Å². The molecule has 0 atom stereocenters. The maximum Gasteiger partial charge on any atom is 0.261 e. The average Bonchev–Trinajstić information content (AvgIpc) is 2.78. The van der Waals surface area contributed by atoms with Gasteiger partial charge in [-0.1, -0.05) is 58.4 Å². The monoisotopic (exact) mass is 460 g/mol. The van der Waals surface area contributed by atoms with Crippen LogP contribution in [0.15, 0.2) is 82.1 Å². The lowest BCUT2D eigenvalue weighted by molar-refractivity contribution is 0.414. The van der Waals surface area contributed by atoms with Gasteiger partial charge in [0.1, 0.15) is 11.6 Å². The maximum absolute atomic E-state index is 13.2. The van der Waals surface area contributed by atoms with E-state index in [1.807, 2.05) is 72.8 Å². The molecular weight excluding hydrogens is 440 g/mol. The van der Waals surface area contributed by atoms with Crippen molar-refractivity contribution in [3.05, 3.63) is 105 Å². The Morgan fingerprint density at radius 3 is 2.57 bits per heavy atom. The van der Waals surface area contributed by atoms with E-state index in [9.17, 15) is 4.79 Å². The summed E-state index contributed by atoms with van der Waals surface area (Å²) in [6.45, 7) is 0.552. The molecule has 0 amide bonds. The number of halogens is 1. The lowest BCUT2D eigenvalue weighted by Crippen LogP contribution is -2.25. The molecule has 1 aromatic heterocycles. The number of fused-ring (bicyclic) bond motifs is 1. The quantitative estimate of drug-likeness (QED) is 0.377. The van der Waals surface area contributed by atoms with Gasteiger partial charge in [0.15, 0.2) is 0 Å². The number of benzene rings is 3. The highest BCUT2D eigenvalue weighted by Crippen LogP contribution is 2.25. The second kappa shape index (κ2) is 9.09. The normalized spacial score (nSPS) is 11.3. The zero-order chi connectivity index (χ0) is 20.9. The highest BCUT2D eigenvalue weighted by molar-refractivity contribution is 9.10. The van der Waals surface area contributed by atoms with Crippen LogP contribution < -0.4 is 10.3 Å². The van der Waals surface area contributed by atoms with Gasteiger partial charge in [-0.25, -0.2) is 4.98 Å². The summed E-state index contributed by atoms with van der Waals surface area (Å²) >= 11 is 3.50. The lowest BCUT2D eigenvalue weighted by atomic mass is 10.1. The van der Waals surface area contributed by atoms with Gasteiger partial charge in [-0.05, 0) is 54.5 Å². The number of hydrogen-bond acceptors (Lipinski definition) is 3. The lowest BCUT2D eigenvalue weighted by Gasteiger charge is -2.12. The van der Waals surface area contributed by atoms with Crippen molar-refractivity contribution in [2.75, 3.05) is 7.11 Å². The number of aryl methyl sites for hydroxylation is 1. The summed E-state index contributed by atoms with van der Waals surface area (Å²) < 4.78 is 8.16. The number of rotatable bonds is 6. The molecule has 4 rings (SSSR count). The molecule has 0 unspecified atom stereocenters. The first-order valence-electron chi connectivity index (χ1n) is 9.71. The van der Waals surface area contributed by atoms with E-state index in [0.29, 0.717) is 23.3 Å². The van der Waals surface area contributed by atoms with Crippen LogP contribution in [0.1, 0.15) is 17.0 Å². The first-order valence-corrected chi connectivity index (χ1v) is 10.5. The third kappa shape index (κ3) is 4.36. The predicted octanol–water partition coefficient (Wildman–Crippen LogP) is 5.58. The first kappa shape index (κ1) is 20.1. The van der Waals surface area contributed by atoms with Gasteiger partial charge in [-0.3, -0.25) is 9.36 Å². The van der Waals surface area contributed by atoms with Crippen LogP contribution in [-0.4, -0.2) is 16.7 Å². The molecule has 4 aromatic rings.